The number of sulfonamides is 1. The molecule has 34 heavy (non-hydrogen) atoms. The Balaban J connectivity index is 1.40. The van der Waals surface area contributed by atoms with Crippen molar-refractivity contribution in [2.45, 2.75) is 50.2 Å². The van der Waals surface area contributed by atoms with E-state index < -0.39 is 10.0 Å². The van der Waals surface area contributed by atoms with Crippen LogP contribution in [-0.4, -0.2) is 35.8 Å². The maximum Gasteiger partial charge on any atom is 0.251 e. The van der Waals surface area contributed by atoms with Crippen LogP contribution in [-0.2, 0) is 23.1 Å². The summed E-state index contributed by atoms with van der Waals surface area (Å²) in [5.74, 6) is -0.330. The lowest BCUT2D eigenvalue weighted by molar-refractivity contribution is 0.0950. The first-order chi connectivity index (χ1) is 16.3. The lowest BCUT2D eigenvalue weighted by Crippen LogP contribution is -2.42. The van der Waals surface area contributed by atoms with Crippen molar-refractivity contribution < 1.29 is 13.2 Å². The highest BCUT2D eigenvalue weighted by molar-refractivity contribution is 7.89. The standard InChI is InChI=1S/C26H29N3O4S/c1-20-7-2-5-16-29(20)34(32,33)24-9-6-8-23(17-24)26(31)27-18-21-11-13-22(14-12-21)19-28-15-4-3-10-25(28)30/h3-4,6,8-15,17,20H,2,5,7,16,18-19H2,1H3,(H,27,31). The number of pyridine rings is 1. The van der Waals surface area contributed by atoms with Crippen LogP contribution in [0.25, 0.3) is 0 Å². The summed E-state index contributed by atoms with van der Waals surface area (Å²) in [7, 11) is -3.64. The molecule has 0 radical (unpaired) electrons. The number of nitrogens with one attached hydrogen (secondary N) is 1. The summed E-state index contributed by atoms with van der Waals surface area (Å²) in [6, 6.07) is 18.9. The van der Waals surface area contributed by atoms with E-state index in [1.54, 1.807) is 39.3 Å². The number of piperidine rings is 1. The number of carbonyl (C=O) groups is 1. The molecule has 1 amide bonds. The van der Waals surface area contributed by atoms with Crippen molar-refractivity contribution in [3.8, 4) is 0 Å². The average Bonchev–Trinajstić information content (AvgIpc) is 2.85. The third-order valence-corrected chi connectivity index (χ3v) is 8.18. The zero-order chi connectivity index (χ0) is 24.1. The van der Waals surface area contributed by atoms with Crippen LogP contribution in [0.2, 0.25) is 0 Å². The molecule has 8 heteroatoms. The van der Waals surface area contributed by atoms with E-state index in [1.165, 1.54) is 12.1 Å². The van der Waals surface area contributed by atoms with Gasteiger partial charge < -0.3 is 9.88 Å². The Hall–Kier alpha value is -3.23. The van der Waals surface area contributed by atoms with Gasteiger partial charge in [-0.15, -0.1) is 0 Å². The van der Waals surface area contributed by atoms with Crippen molar-refractivity contribution in [1.29, 1.82) is 0 Å². The van der Waals surface area contributed by atoms with Gasteiger partial charge >= 0.3 is 0 Å². The SMILES string of the molecule is CC1CCCCN1S(=O)(=O)c1cccc(C(=O)NCc2ccc(Cn3ccccc3=O)cc2)c1. The van der Waals surface area contributed by atoms with Crippen molar-refractivity contribution in [3.05, 3.63) is 100.0 Å². The highest BCUT2D eigenvalue weighted by atomic mass is 32.2. The van der Waals surface area contributed by atoms with Gasteiger partial charge in [0.1, 0.15) is 0 Å². The molecule has 1 aliphatic heterocycles. The van der Waals surface area contributed by atoms with E-state index in [-0.39, 0.29) is 22.4 Å². The summed E-state index contributed by atoms with van der Waals surface area (Å²) in [6.07, 6.45) is 4.48. The number of aromatic nitrogens is 1. The number of amides is 1. The Morgan fingerprint density at radius 2 is 1.76 bits per heavy atom. The van der Waals surface area contributed by atoms with E-state index in [2.05, 4.69) is 5.32 Å². The van der Waals surface area contributed by atoms with Crippen LogP contribution in [0.15, 0.2) is 82.6 Å². The topological polar surface area (TPSA) is 88.5 Å². The molecular formula is C26H29N3O4S. The number of nitrogens with zero attached hydrogens (tertiary/aromatic N) is 2. The van der Waals surface area contributed by atoms with Crippen LogP contribution >= 0.6 is 0 Å². The fraction of sp³-hybridized carbons (Fsp3) is 0.308. The lowest BCUT2D eigenvalue weighted by Gasteiger charge is -2.32. The first-order valence-corrected chi connectivity index (χ1v) is 12.9. The second kappa shape index (κ2) is 10.4. The molecule has 0 saturated carbocycles. The zero-order valence-electron chi connectivity index (χ0n) is 19.2. The molecule has 1 unspecified atom stereocenters. The summed E-state index contributed by atoms with van der Waals surface area (Å²) in [6.45, 7) is 3.22. The summed E-state index contributed by atoms with van der Waals surface area (Å²) in [5.41, 5.74) is 2.14. The van der Waals surface area contributed by atoms with Gasteiger partial charge in [-0.1, -0.05) is 42.8 Å². The maximum absolute atomic E-state index is 13.1. The van der Waals surface area contributed by atoms with E-state index >= 15 is 0 Å². The Bertz CT molecular complexity index is 1320. The van der Waals surface area contributed by atoms with Crippen LogP contribution in [0.5, 0.6) is 0 Å². The minimum atomic E-state index is -3.64. The predicted octanol–water partition coefficient (Wildman–Crippen LogP) is 3.39. The molecule has 178 valence electrons. The smallest absolute Gasteiger partial charge is 0.251 e. The third-order valence-electron chi connectivity index (χ3n) is 6.17. The summed E-state index contributed by atoms with van der Waals surface area (Å²) in [4.78, 5) is 24.7. The van der Waals surface area contributed by atoms with Gasteiger partial charge in [0.05, 0.1) is 11.4 Å². The van der Waals surface area contributed by atoms with Gasteiger partial charge in [-0.05, 0) is 55.2 Å². The normalized spacial score (nSPS) is 16.8. The molecule has 2 heterocycles. The molecule has 1 fully saturated rings. The zero-order valence-corrected chi connectivity index (χ0v) is 20.0. The highest BCUT2D eigenvalue weighted by Crippen LogP contribution is 2.25. The Morgan fingerprint density at radius 3 is 2.50 bits per heavy atom. The number of benzene rings is 2. The van der Waals surface area contributed by atoms with Crippen LogP contribution < -0.4 is 10.9 Å². The van der Waals surface area contributed by atoms with Gasteiger partial charge in [0.15, 0.2) is 0 Å². The monoisotopic (exact) mass is 479 g/mol. The summed E-state index contributed by atoms with van der Waals surface area (Å²) in [5, 5.41) is 2.86. The maximum atomic E-state index is 13.1. The molecule has 0 spiro atoms. The Kier molecular flexibility index (Phi) is 7.29. The average molecular weight is 480 g/mol. The first kappa shape index (κ1) is 23.9. The third kappa shape index (κ3) is 5.46. The van der Waals surface area contributed by atoms with E-state index in [1.807, 2.05) is 37.3 Å². The number of hydrogen-bond acceptors (Lipinski definition) is 4. The molecule has 1 aromatic heterocycles. The van der Waals surface area contributed by atoms with Gasteiger partial charge in [-0.25, -0.2) is 8.42 Å². The summed E-state index contributed by atoms with van der Waals surface area (Å²) >= 11 is 0. The van der Waals surface area contributed by atoms with Crippen LogP contribution in [0.3, 0.4) is 0 Å². The van der Waals surface area contributed by atoms with Gasteiger partial charge in [0, 0.05) is 37.0 Å². The molecule has 0 aliphatic carbocycles. The molecule has 2 aromatic carbocycles. The number of carbonyl (C=O) groups excluding carboxylic acids is 1. The van der Waals surface area contributed by atoms with Gasteiger partial charge in [0.2, 0.25) is 10.0 Å². The van der Waals surface area contributed by atoms with Crippen molar-refractivity contribution in [2.75, 3.05) is 6.54 Å². The molecule has 1 atom stereocenters. The number of hydrogen-bond donors (Lipinski definition) is 1. The van der Waals surface area contributed by atoms with E-state index in [0.29, 0.717) is 25.2 Å². The minimum Gasteiger partial charge on any atom is -0.348 e. The second-order valence-electron chi connectivity index (χ2n) is 8.65. The minimum absolute atomic E-state index is 0.0419. The molecule has 4 rings (SSSR count). The molecule has 0 bridgehead atoms. The molecule has 3 aromatic rings. The summed E-state index contributed by atoms with van der Waals surface area (Å²) < 4.78 is 29.4. The molecular weight excluding hydrogens is 450 g/mol. The first-order valence-electron chi connectivity index (χ1n) is 11.5. The lowest BCUT2D eigenvalue weighted by atomic mass is 10.1. The highest BCUT2D eigenvalue weighted by Gasteiger charge is 2.31. The van der Waals surface area contributed by atoms with Crippen molar-refractivity contribution in [3.63, 3.8) is 0 Å². The molecule has 1 saturated heterocycles. The van der Waals surface area contributed by atoms with Gasteiger partial charge in [0.25, 0.3) is 11.5 Å². The van der Waals surface area contributed by atoms with Gasteiger partial charge in [-0.2, -0.15) is 4.31 Å². The van der Waals surface area contributed by atoms with E-state index in [0.717, 1.165) is 30.4 Å². The van der Waals surface area contributed by atoms with Crippen molar-refractivity contribution >= 4 is 15.9 Å². The fourth-order valence-electron chi connectivity index (χ4n) is 4.20. The molecule has 1 N–H and O–H groups in total. The van der Waals surface area contributed by atoms with Gasteiger partial charge in [-0.3, -0.25) is 9.59 Å². The van der Waals surface area contributed by atoms with Crippen LogP contribution in [0, 0.1) is 0 Å². The largest absolute Gasteiger partial charge is 0.348 e. The fourth-order valence-corrected chi connectivity index (χ4v) is 5.94. The van der Waals surface area contributed by atoms with E-state index in [9.17, 15) is 18.0 Å². The Labute approximate surface area is 200 Å². The van der Waals surface area contributed by atoms with Crippen molar-refractivity contribution in [1.82, 2.24) is 14.2 Å². The second-order valence-corrected chi connectivity index (χ2v) is 10.5. The quantitative estimate of drug-likeness (QED) is 0.563. The molecule has 7 nitrogen and oxygen atoms in total. The Morgan fingerprint density at radius 1 is 1.00 bits per heavy atom. The van der Waals surface area contributed by atoms with Crippen LogP contribution in [0.4, 0.5) is 0 Å². The molecule has 1 aliphatic rings. The number of rotatable bonds is 7. The van der Waals surface area contributed by atoms with E-state index in [4.69, 9.17) is 0 Å². The van der Waals surface area contributed by atoms with Crippen molar-refractivity contribution in [2.24, 2.45) is 0 Å². The predicted molar refractivity (Wildman–Crippen MR) is 131 cm³/mol. The van der Waals surface area contributed by atoms with Crippen LogP contribution in [0.1, 0.15) is 47.7 Å².